The van der Waals surface area contributed by atoms with Gasteiger partial charge in [-0.25, -0.2) is 9.97 Å². The van der Waals surface area contributed by atoms with Gasteiger partial charge in [-0.1, -0.05) is 55.5 Å². The molecule has 1 aliphatic heterocycles. The van der Waals surface area contributed by atoms with E-state index in [0.717, 1.165) is 61.3 Å². The first-order valence-electron chi connectivity index (χ1n) is 9.96. The van der Waals surface area contributed by atoms with Gasteiger partial charge in [0.25, 0.3) is 0 Å². The minimum atomic E-state index is 0.758. The number of anilines is 3. The Kier molecular flexibility index (Phi) is 5.53. The van der Waals surface area contributed by atoms with Crippen molar-refractivity contribution in [1.82, 2.24) is 14.9 Å². The molecule has 0 saturated carbocycles. The van der Waals surface area contributed by atoms with Crippen molar-refractivity contribution < 1.29 is 0 Å². The second-order valence-electron chi connectivity index (χ2n) is 7.23. The van der Waals surface area contributed by atoms with Gasteiger partial charge in [0.05, 0.1) is 0 Å². The van der Waals surface area contributed by atoms with Crippen LogP contribution in [0.4, 0.5) is 17.3 Å². The molecule has 28 heavy (non-hydrogen) atoms. The highest BCUT2D eigenvalue weighted by Gasteiger charge is 2.18. The standard InChI is InChI=1S/C23H27N5/c1-3-18-9-7-8-12-20(18)24-21-17-22(28-15-13-27(2)14-16-28)26-23(25-21)19-10-5-4-6-11-19/h4-12,17H,3,13-16H2,1-2H3,(H,24,25,26). The lowest BCUT2D eigenvalue weighted by atomic mass is 10.1. The highest BCUT2D eigenvalue weighted by molar-refractivity contribution is 5.67. The molecule has 2 aromatic carbocycles. The highest BCUT2D eigenvalue weighted by atomic mass is 15.3. The van der Waals surface area contributed by atoms with E-state index in [2.05, 4.69) is 71.6 Å². The molecule has 4 rings (SSSR count). The zero-order valence-corrected chi connectivity index (χ0v) is 16.6. The van der Waals surface area contributed by atoms with E-state index in [1.54, 1.807) is 0 Å². The Labute approximate surface area is 167 Å². The first kappa shape index (κ1) is 18.4. The second-order valence-corrected chi connectivity index (χ2v) is 7.23. The molecule has 1 aromatic heterocycles. The Morgan fingerprint density at radius 2 is 1.61 bits per heavy atom. The fourth-order valence-corrected chi connectivity index (χ4v) is 3.50. The predicted molar refractivity (Wildman–Crippen MR) is 116 cm³/mol. The Balaban J connectivity index is 1.71. The van der Waals surface area contributed by atoms with E-state index in [1.807, 2.05) is 18.2 Å². The third kappa shape index (κ3) is 4.15. The molecule has 5 nitrogen and oxygen atoms in total. The lowest BCUT2D eigenvalue weighted by Gasteiger charge is -2.33. The van der Waals surface area contributed by atoms with Crippen molar-refractivity contribution in [3.8, 4) is 11.4 Å². The van der Waals surface area contributed by atoms with Crippen LogP contribution in [0.2, 0.25) is 0 Å². The Hall–Kier alpha value is -2.92. The topological polar surface area (TPSA) is 44.3 Å². The highest BCUT2D eigenvalue weighted by Crippen LogP contribution is 2.26. The maximum atomic E-state index is 4.89. The van der Waals surface area contributed by atoms with Crippen LogP contribution in [0.25, 0.3) is 11.4 Å². The maximum Gasteiger partial charge on any atom is 0.163 e. The van der Waals surface area contributed by atoms with Crippen LogP contribution in [-0.2, 0) is 6.42 Å². The fourth-order valence-electron chi connectivity index (χ4n) is 3.50. The first-order valence-corrected chi connectivity index (χ1v) is 9.96. The van der Waals surface area contributed by atoms with Crippen LogP contribution in [-0.4, -0.2) is 48.1 Å². The van der Waals surface area contributed by atoms with Gasteiger partial charge in [0, 0.05) is 43.5 Å². The summed E-state index contributed by atoms with van der Waals surface area (Å²) in [6, 6.07) is 20.7. The smallest absolute Gasteiger partial charge is 0.163 e. The maximum absolute atomic E-state index is 4.89. The largest absolute Gasteiger partial charge is 0.354 e. The van der Waals surface area contributed by atoms with Crippen LogP contribution < -0.4 is 10.2 Å². The molecule has 1 aliphatic rings. The third-order valence-electron chi connectivity index (χ3n) is 5.23. The summed E-state index contributed by atoms with van der Waals surface area (Å²) in [5, 5.41) is 3.53. The van der Waals surface area contributed by atoms with E-state index in [1.165, 1.54) is 5.56 Å². The number of nitrogens with one attached hydrogen (secondary N) is 1. The number of rotatable bonds is 5. The van der Waals surface area contributed by atoms with Crippen molar-refractivity contribution in [2.75, 3.05) is 43.4 Å². The molecule has 0 radical (unpaired) electrons. The molecule has 5 heteroatoms. The molecular formula is C23H27N5. The Morgan fingerprint density at radius 3 is 2.36 bits per heavy atom. The number of hydrogen-bond acceptors (Lipinski definition) is 5. The SMILES string of the molecule is CCc1ccccc1Nc1cc(N2CCN(C)CC2)nc(-c2ccccc2)n1. The summed E-state index contributed by atoms with van der Waals surface area (Å²) in [6.07, 6.45) is 0.977. The van der Waals surface area contributed by atoms with Gasteiger partial charge in [0.1, 0.15) is 11.6 Å². The van der Waals surface area contributed by atoms with E-state index in [0.29, 0.717) is 0 Å². The van der Waals surface area contributed by atoms with Gasteiger partial charge in [-0.2, -0.15) is 0 Å². The van der Waals surface area contributed by atoms with Crippen LogP contribution >= 0.6 is 0 Å². The van der Waals surface area contributed by atoms with E-state index in [9.17, 15) is 0 Å². The van der Waals surface area contributed by atoms with Crippen LogP contribution in [0.1, 0.15) is 12.5 Å². The summed E-state index contributed by atoms with van der Waals surface area (Å²) in [6.45, 7) is 6.23. The summed E-state index contributed by atoms with van der Waals surface area (Å²) in [5.74, 6) is 2.58. The summed E-state index contributed by atoms with van der Waals surface area (Å²) in [4.78, 5) is 14.4. The van der Waals surface area contributed by atoms with E-state index in [4.69, 9.17) is 9.97 Å². The molecule has 0 bridgehead atoms. The quantitative estimate of drug-likeness (QED) is 0.726. The average Bonchev–Trinajstić information content (AvgIpc) is 2.75. The van der Waals surface area contributed by atoms with Crippen molar-refractivity contribution in [2.45, 2.75) is 13.3 Å². The Bertz CT molecular complexity index is 917. The van der Waals surface area contributed by atoms with Crippen molar-refractivity contribution in [3.05, 3.63) is 66.2 Å². The fraction of sp³-hybridized carbons (Fsp3) is 0.304. The normalized spacial score (nSPS) is 14.9. The van der Waals surface area contributed by atoms with Crippen molar-refractivity contribution in [1.29, 1.82) is 0 Å². The summed E-state index contributed by atoms with van der Waals surface area (Å²) >= 11 is 0. The number of aromatic nitrogens is 2. The van der Waals surface area contributed by atoms with Crippen molar-refractivity contribution in [3.63, 3.8) is 0 Å². The number of aryl methyl sites for hydroxylation is 1. The van der Waals surface area contributed by atoms with Crippen LogP contribution in [0.15, 0.2) is 60.7 Å². The number of likely N-dealkylation sites (N-methyl/N-ethyl adjacent to an activating group) is 1. The molecule has 0 aliphatic carbocycles. The molecule has 0 spiro atoms. The molecule has 1 N–H and O–H groups in total. The van der Waals surface area contributed by atoms with Crippen molar-refractivity contribution in [2.24, 2.45) is 0 Å². The monoisotopic (exact) mass is 373 g/mol. The van der Waals surface area contributed by atoms with E-state index < -0.39 is 0 Å². The van der Waals surface area contributed by atoms with Gasteiger partial charge in [-0.05, 0) is 25.1 Å². The zero-order valence-electron chi connectivity index (χ0n) is 16.6. The molecule has 144 valence electrons. The third-order valence-corrected chi connectivity index (χ3v) is 5.23. The molecule has 1 saturated heterocycles. The first-order chi connectivity index (χ1) is 13.7. The average molecular weight is 374 g/mol. The number of nitrogens with zero attached hydrogens (tertiary/aromatic N) is 4. The zero-order chi connectivity index (χ0) is 19.3. The minimum absolute atomic E-state index is 0.758. The molecular weight excluding hydrogens is 346 g/mol. The van der Waals surface area contributed by atoms with Gasteiger partial charge in [-0.15, -0.1) is 0 Å². The molecule has 0 unspecified atom stereocenters. The summed E-state index contributed by atoms with van der Waals surface area (Å²) < 4.78 is 0. The van der Waals surface area contributed by atoms with Crippen LogP contribution in [0, 0.1) is 0 Å². The molecule has 3 aromatic rings. The number of para-hydroxylation sites is 1. The lowest BCUT2D eigenvalue weighted by molar-refractivity contribution is 0.312. The number of benzene rings is 2. The van der Waals surface area contributed by atoms with Crippen molar-refractivity contribution >= 4 is 17.3 Å². The van der Waals surface area contributed by atoms with Gasteiger partial charge in [0.15, 0.2) is 5.82 Å². The number of hydrogen-bond donors (Lipinski definition) is 1. The van der Waals surface area contributed by atoms with E-state index in [-0.39, 0.29) is 0 Å². The van der Waals surface area contributed by atoms with Gasteiger partial charge >= 0.3 is 0 Å². The van der Waals surface area contributed by atoms with Gasteiger partial charge < -0.3 is 15.1 Å². The molecule has 1 fully saturated rings. The summed E-state index contributed by atoms with van der Waals surface area (Å²) in [7, 11) is 2.17. The molecule has 2 heterocycles. The Morgan fingerprint density at radius 1 is 0.893 bits per heavy atom. The molecule has 0 atom stereocenters. The van der Waals surface area contributed by atoms with Crippen LogP contribution in [0.5, 0.6) is 0 Å². The lowest BCUT2D eigenvalue weighted by Crippen LogP contribution is -2.44. The van der Waals surface area contributed by atoms with Gasteiger partial charge in [-0.3, -0.25) is 0 Å². The van der Waals surface area contributed by atoms with Gasteiger partial charge in [0.2, 0.25) is 0 Å². The number of piperazine rings is 1. The minimum Gasteiger partial charge on any atom is -0.354 e. The second kappa shape index (κ2) is 8.40. The molecule has 0 amide bonds. The predicted octanol–water partition coefficient (Wildman–Crippen LogP) is 4.20. The van der Waals surface area contributed by atoms with E-state index >= 15 is 0 Å². The van der Waals surface area contributed by atoms with Crippen LogP contribution in [0.3, 0.4) is 0 Å². The summed E-state index contributed by atoms with van der Waals surface area (Å²) in [5.41, 5.74) is 3.42.